The van der Waals surface area contributed by atoms with E-state index in [-0.39, 0.29) is 23.8 Å². The van der Waals surface area contributed by atoms with Gasteiger partial charge in [0.25, 0.3) is 0 Å². The summed E-state index contributed by atoms with van der Waals surface area (Å²) in [5.74, 6) is -0.624. The molecule has 0 aliphatic heterocycles. The van der Waals surface area contributed by atoms with Gasteiger partial charge in [-0.3, -0.25) is 0 Å². The Morgan fingerprint density at radius 1 is 1.37 bits per heavy atom. The molecular formula is C13H16F3NO2. The van der Waals surface area contributed by atoms with Crippen LogP contribution in [0.5, 0.6) is 0 Å². The fourth-order valence-electron chi connectivity index (χ4n) is 1.56. The van der Waals surface area contributed by atoms with Crippen LogP contribution in [0.4, 0.5) is 18.9 Å². The van der Waals surface area contributed by atoms with Gasteiger partial charge in [0, 0.05) is 12.1 Å². The number of aryl methyl sites for hydroxylation is 1. The van der Waals surface area contributed by atoms with Crippen molar-refractivity contribution < 1.29 is 22.7 Å². The summed E-state index contributed by atoms with van der Waals surface area (Å²) in [6.45, 7) is 3.36. The maximum absolute atomic E-state index is 12.2. The Kier molecular flexibility index (Phi) is 4.80. The number of carbonyl (C=O) groups is 1. The molecule has 6 heteroatoms. The van der Waals surface area contributed by atoms with Gasteiger partial charge in [0.15, 0.2) is 0 Å². The minimum Gasteiger partial charge on any atom is -0.459 e. The molecule has 0 saturated carbocycles. The van der Waals surface area contributed by atoms with Crippen molar-refractivity contribution in [3.05, 3.63) is 29.3 Å². The molecular weight excluding hydrogens is 259 g/mol. The molecule has 19 heavy (non-hydrogen) atoms. The Bertz CT molecular complexity index is 456. The Hall–Kier alpha value is -1.72. The van der Waals surface area contributed by atoms with Gasteiger partial charge in [0.2, 0.25) is 0 Å². The number of carbonyl (C=O) groups excluding carboxylic acids is 1. The second kappa shape index (κ2) is 5.95. The molecule has 0 fully saturated rings. The van der Waals surface area contributed by atoms with Crippen LogP contribution >= 0.6 is 0 Å². The third kappa shape index (κ3) is 4.81. The van der Waals surface area contributed by atoms with Crippen molar-refractivity contribution in [3.63, 3.8) is 0 Å². The highest BCUT2D eigenvalue weighted by Gasteiger charge is 2.27. The third-order valence-corrected chi connectivity index (χ3v) is 2.44. The normalized spacial score (nSPS) is 11.7. The van der Waals surface area contributed by atoms with Crippen LogP contribution in [0.3, 0.4) is 0 Å². The summed E-state index contributed by atoms with van der Waals surface area (Å²) in [6, 6.07) is 4.42. The molecule has 2 N–H and O–H groups in total. The Morgan fingerprint density at radius 3 is 2.53 bits per heavy atom. The van der Waals surface area contributed by atoms with Gasteiger partial charge >= 0.3 is 12.1 Å². The Morgan fingerprint density at radius 2 is 2.00 bits per heavy atom. The molecule has 1 aromatic rings. The lowest BCUT2D eigenvalue weighted by Crippen LogP contribution is -2.15. The average Bonchev–Trinajstić information content (AvgIpc) is 2.25. The van der Waals surface area contributed by atoms with Gasteiger partial charge in [0.1, 0.15) is 0 Å². The van der Waals surface area contributed by atoms with E-state index in [0.717, 1.165) is 0 Å². The van der Waals surface area contributed by atoms with Crippen molar-refractivity contribution in [3.8, 4) is 0 Å². The van der Waals surface area contributed by atoms with Crippen LogP contribution in [0.25, 0.3) is 0 Å². The molecule has 1 aromatic carbocycles. The summed E-state index contributed by atoms with van der Waals surface area (Å²) in [4.78, 5) is 11.7. The zero-order valence-electron chi connectivity index (χ0n) is 10.8. The lowest BCUT2D eigenvalue weighted by molar-refractivity contribution is -0.133. The van der Waals surface area contributed by atoms with Crippen LogP contribution in [-0.2, 0) is 11.2 Å². The molecule has 0 bridgehead atoms. The summed E-state index contributed by atoms with van der Waals surface area (Å²) in [5.41, 5.74) is 6.18. The van der Waals surface area contributed by atoms with Crippen molar-refractivity contribution in [2.45, 2.75) is 39.0 Å². The molecule has 0 atom stereocenters. The number of anilines is 1. The maximum atomic E-state index is 12.2. The molecule has 0 amide bonds. The summed E-state index contributed by atoms with van der Waals surface area (Å²) < 4.78 is 41.5. The number of nitrogens with two attached hydrogens (primary N) is 1. The van der Waals surface area contributed by atoms with Crippen LogP contribution in [0.1, 0.15) is 36.2 Å². The van der Waals surface area contributed by atoms with E-state index in [2.05, 4.69) is 0 Å². The van der Waals surface area contributed by atoms with Gasteiger partial charge in [-0.15, -0.1) is 0 Å². The number of benzene rings is 1. The summed E-state index contributed by atoms with van der Waals surface area (Å²) >= 11 is 0. The van der Waals surface area contributed by atoms with Crippen LogP contribution in [0, 0.1) is 0 Å². The average molecular weight is 275 g/mol. The molecule has 0 spiro atoms. The zero-order valence-corrected chi connectivity index (χ0v) is 10.8. The number of rotatable bonds is 4. The number of esters is 1. The highest BCUT2D eigenvalue weighted by atomic mass is 19.4. The smallest absolute Gasteiger partial charge is 0.389 e. The van der Waals surface area contributed by atoms with Crippen LogP contribution < -0.4 is 5.73 Å². The molecule has 0 radical (unpaired) electrons. The van der Waals surface area contributed by atoms with E-state index >= 15 is 0 Å². The number of alkyl halides is 3. The topological polar surface area (TPSA) is 52.3 Å². The first kappa shape index (κ1) is 15.3. The lowest BCUT2D eigenvalue weighted by atomic mass is 10.0. The molecule has 0 aliphatic rings. The molecule has 0 aromatic heterocycles. The number of halogens is 3. The fraction of sp³-hybridized carbons (Fsp3) is 0.462. The molecule has 0 heterocycles. The van der Waals surface area contributed by atoms with Crippen molar-refractivity contribution in [2.24, 2.45) is 0 Å². The summed E-state index contributed by atoms with van der Waals surface area (Å²) in [7, 11) is 0. The minimum atomic E-state index is -4.25. The van der Waals surface area contributed by atoms with Gasteiger partial charge in [-0.25, -0.2) is 4.79 Å². The summed E-state index contributed by atoms with van der Waals surface area (Å²) in [6.07, 6.45) is -5.79. The number of hydrogen-bond donors (Lipinski definition) is 1. The van der Waals surface area contributed by atoms with Crippen LogP contribution in [0.2, 0.25) is 0 Å². The SMILES string of the molecule is CC(C)OC(=O)c1cccc(CCC(F)(F)F)c1N. The van der Waals surface area contributed by atoms with E-state index in [9.17, 15) is 18.0 Å². The quantitative estimate of drug-likeness (QED) is 0.677. The maximum Gasteiger partial charge on any atom is 0.389 e. The lowest BCUT2D eigenvalue weighted by Gasteiger charge is -2.13. The Balaban J connectivity index is 2.89. The first-order chi connectivity index (χ1) is 8.70. The molecule has 3 nitrogen and oxygen atoms in total. The van der Waals surface area contributed by atoms with Gasteiger partial charge in [-0.05, 0) is 31.9 Å². The number of hydrogen-bond acceptors (Lipinski definition) is 3. The largest absolute Gasteiger partial charge is 0.459 e. The second-order valence-electron chi connectivity index (χ2n) is 4.45. The monoisotopic (exact) mass is 275 g/mol. The predicted octanol–water partition coefficient (Wildman–Crippen LogP) is 3.33. The van der Waals surface area contributed by atoms with Crippen molar-refractivity contribution in [1.82, 2.24) is 0 Å². The number of para-hydroxylation sites is 1. The van der Waals surface area contributed by atoms with Gasteiger partial charge in [-0.1, -0.05) is 12.1 Å². The standard InChI is InChI=1S/C13H16F3NO2/c1-8(2)19-12(18)10-5-3-4-9(11(10)17)6-7-13(14,15)16/h3-5,8H,6-7,17H2,1-2H3. The number of nitrogen functional groups attached to an aromatic ring is 1. The minimum absolute atomic E-state index is 0.0531. The van der Waals surface area contributed by atoms with E-state index in [0.29, 0.717) is 5.56 Å². The van der Waals surface area contributed by atoms with E-state index in [1.165, 1.54) is 18.2 Å². The first-order valence-corrected chi connectivity index (χ1v) is 5.86. The fourth-order valence-corrected chi connectivity index (χ4v) is 1.56. The van der Waals surface area contributed by atoms with E-state index < -0.39 is 18.6 Å². The summed E-state index contributed by atoms with van der Waals surface area (Å²) in [5, 5.41) is 0. The molecule has 106 valence electrons. The van der Waals surface area contributed by atoms with Crippen LogP contribution in [-0.4, -0.2) is 18.2 Å². The second-order valence-corrected chi connectivity index (χ2v) is 4.45. The zero-order chi connectivity index (χ0) is 14.6. The molecule has 1 rings (SSSR count). The Labute approximate surface area is 109 Å². The molecule has 0 aliphatic carbocycles. The van der Waals surface area contributed by atoms with Gasteiger partial charge in [0.05, 0.1) is 11.7 Å². The van der Waals surface area contributed by atoms with E-state index in [4.69, 9.17) is 10.5 Å². The van der Waals surface area contributed by atoms with Crippen LogP contribution in [0.15, 0.2) is 18.2 Å². The van der Waals surface area contributed by atoms with Crippen molar-refractivity contribution in [2.75, 3.05) is 5.73 Å². The van der Waals surface area contributed by atoms with Gasteiger partial charge < -0.3 is 10.5 Å². The highest BCUT2D eigenvalue weighted by molar-refractivity contribution is 5.95. The van der Waals surface area contributed by atoms with Gasteiger partial charge in [-0.2, -0.15) is 13.2 Å². The highest BCUT2D eigenvalue weighted by Crippen LogP contribution is 2.26. The molecule has 0 unspecified atom stereocenters. The third-order valence-electron chi connectivity index (χ3n) is 2.44. The predicted molar refractivity (Wildman–Crippen MR) is 65.8 cm³/mol. The number of ether oxygens (including phenoxy) is 1. The van der Waals surface area contributed by atoms with E-state index in [1.54, 1.807) is 13.8 Å². The molecule has 0 saturated heterocycles. The van der Waals surface area contributed by atoms with E-state index in [1.807, 2.05) is 0 Å². The van der Waals surface area contributed by atoms with Crippen molar-refractivity contribution >= 4 is 11.7 Å². The van der Waals surface area contributed by atoms with Crippen molar-refractivity contribution in [1.29, 1.82) is 0 Å². The first-order valence-electron chi connectivity index (χ1n) is 5.86.